The fourth-order valence-electron chi connectivity index (χ4n) is 6.60. The van der Waals surface area contributed by atoms with Gasteiger partial charge in [0.1, 0.15) is 0 Å². The van der Waals surface area contributed by atoms with Crippen molar-refractivity contribution in [1.82, 2.24) is 15.2 Å². The van der Waals surface area contributed by atoms with Crippen LogP contribution in [0, 0.1) is 0 Å². The van der Waals surface area contributed by atoms with E-state index in [1.807, 2.05) is 0 Å². The molecule has 0 aromatic carbocycles. The van der Waals surface area contributed by atoms with E-state index in [1.165, 1.54) is 160 Å². The minimum absolute atomic E-state index is 0.249. The topological polar surface area (TPSA) is 67.9 Å². The van der Waals surface area contributed by atoms with Crippen LogP contribution in [0.3, 0.4) is 0 Å². The van der Waals surface area contributed by atoms with Gasteiger partial charge in [0.05, 0.1) is 0 Å². The van der Waals surface area contributed by atoms with Gasteiger partial charge in [0, 0.05) is 0 Å². The molecule has 0 spiro atoms. The molecule has 0 unspecified atom stereocenters. The van der Waals surface area contributed by atoms with Gasteiger partial charge in [0.15, 0.2) is 0 Å². The molecule has 0 aliphatic rings. The maximum atomic E-state index is 13.6. The molecule has 6 heteroatoms. The Morgan fingerprint density at radius 2 is 0.878 bits per heavy atom. The average Bonchev–Trinajstić information content (AvgIpc) is 3.53. The van der Waals surface area contributed by atoms with Crippen LogP contribution in [-0.4, -0.2) is 45.8 Å². The maximum absolute atomic E-state index is 13.6. The summed E-state index contributed by atoms with van der Waals surface area (Å²) in [7, 11) is 0. The van der Waals surface area contributed by atoms with Crippen molar-refractivity contribution in [2.75, 3.05) is 24.6 Å². The molecule has 0 saturated carbocycles. The summed E-state index contributed by atoms with van der Waals surface area (Å²) in [6.07, 6.45) is 37.0. The Balaban J connectivity index is 2.95. The third kappa shape index (κ3) is 17.1. The van der Waals surface area contributed by atoms with Crippen LogP contribution in [0.2, 0.25) is 0 Å². The molecule has 0 bridgehead atoms. The van der Waals surface area contributed by atoms with Crippen molar-refractivity contribution in [1.29, 1.82) is 0 Å². The van der Waals surface area contributed by atoms with Crippen molar-refractivity contribution in [2.24, 2.45) is 0 Å². The fourth-order valence-corrected chi connectivity index (χ4v) is 13.0. The summed E-state index contributed by atoms with van der Waals surface area (Å²) in [5.41, 5.74) is 0. The second-order valence-electron chi connectivity index (χ2n) is 13.0. The standard InChI is InChI=1S/C35H70N3O2P/c1-5-9-13-17-18-19-20-21-22-23-24-28-32-41(29-25-14-10-6-2,30-26-15-11-7-3,31-27-16-12-8-4)40-35(39)34-36-33-37-38-34/h33H,5-32H2,1-4H3,(H,36,37,38). The molecule has 0 fully saturated rings. The van der Waals surface area contributed by atoms with Crippen LogP contribution in [0.5, 0.6) is 0 Å². The number of carbonyl (C=O) groups is 1. The molecular formula is C35H70N3O2P. The monoisotopic (exact) mass is 596 g/mol. The van der Waals surface area contributed by atoms with Crippen molar-refractivity contribution >= 4 is 12.8 Å². The first-order chi connectivity index (χ1) is 20.0. The van der Waals surface area contributed by atoms with Crippen LogP contribution < -0.4 is 0 Å². The zero-order valence-corrected chi connectivity index (χ0v) is 28.9. The van der Waals surface area contributed by atoms with Crippen molar-refractivity contribution in [2.45, 2.75) is 182 Å². The Kier molecular flexibility index (Phi) is 22.7. The van der Waals surface area contributed by atoms with Gasteiger partial charge in [-0.25, -0.2) is 0 Å². The van der Waals surface area contributed by atoms with E-state index in [4.69, 9.17) is 4.52 Å². The van der Waals surface area contributed by atoms with Gasteiger partial charge in [0.25, 0.3) is 0 Å². The second kappa shape index (κ2) is 24.5. The number of unbranched alkanes of at least 4 members (excludes halogenated alkanes) is 20. The summed E-state index contributed by atoms with van der Waals surface area (Å²) in [6, 6.07) is 0. The third-order valence-electron chi connectivity index (χ3n) is 9.26. The normalized spacial score (nSPS) is 12.8. The van der Waals surface area contributed by atoms with Crippen molar-refractivity contribution < 1.29 is 9.32 Å². The summed E-state index contributed by atoms with van der Waals surface area (Å²) in [5.74, 6) is 0.0324. The number of carbonyl (C=O) groups excluding carboxylic acids is 1. The summed E-state index contributed by atoms with van der Waals surface area (Å²) in [6.45, 7) is 6.38. The van der Waals surface area contributed by atoms with Gasteiger partial charge < -0.3 is 0 Å². The van der Waals surface area contributed by atoms with E-state index in [2.05, 4.69) is 42.9 Å². The number of rotatable bonds is 30. The van der Waals surface area contributed by atoms with E-state index in [0.717, 1.165) is 24.6 Å². The zero-order valence-electron chi connectivity index (χ0n) is 28.0. The summed E-state index contributed by atoms with van der Waals surface area (Å²) in [4.78, 5) is 17.8. The van der Waals surface area contributed by atoms with Crippen LogP contribution >= 0.6 is 6.83 Å². The molecule has 5 nitrogen and oxygen atoms in total. The first kappa shape index (κ1) is 38.1. The first-order valence-electron chi connectivity index (χ1n) is 18.1. The average molecular weight is 596 g/mol. The van der Waals surface area contributed by atoms with E-state index in [0.29, 0.717) is 0 Å². The number of aromatic nitrogens is 3. The van der Waals surface area contributed by atoms with Gasteiger partial charge in [-0.2, -0.15) is 0 Å². The van der Waals surface area contributed by atoms with Crippen LogP contribution in [-0.2, 0) is 4.52 Å². The van der Waals surface area contributed by atoms with E-state index >= 15 is 0 Å². The van der Waals surface area contributed by atoms with Gasteiger partial charge in [-0.3, -0.25) is 0 Å². The molecule has 242 valence electrons. The van der Waals surface area contributed by atoms with E-state index < -0.39 is 6.83 Å². The van der Waals surface area contributed by atoms with Gasteiger partial charge in [0.2, 0.25) is 0 Å². The molecule has 1 heterocycles. The number of hydrogen-bond donors (Lipinski definition) is 1. The van der Waals surface area contributed by atoms with Crippen LogP contribution in [0.4, 0.5) is 0 Å². The first-order valence-corrected chi connectivity index (χ1v) is 21.0. The molecule has 0 saturated heterocycles. The molecule has 0 radical (unpaired) electrons. The molecule has 1 aromatic rings. The van der Waals surface area contributed by atoms with E-state index in [-0.39, 0.29) is 11.8 Å². The Labute approximate surface area is 255 Å². The Bertz CT molecular complexity index is 691. The molecular weight excluding hydrogens is 525 g/mol. The van der Waals surface area contributed by atoms with Crippen LogP contribution in [0.1, 0.15) is 192 Å². The number of aromatic amines is 1. The summed E-state index contributed by atoms with van der Waals surface area (Å²) in [5, 5.41) is 6.77. The number of hydrogen-bond acceptors (Lipinski definition) is 4. The third-order valence-corrected chi connectivity index (χ3v) is 15.7. The van der Waals surface area contributed by atoms with Crippen molar-refractivity contribution in [3.05, 3.63) is 12.2 Å². The van der Waals surface area contributed by atoms with Crippen molar-refractivity contribution in [3.8, 4) is 0 Å². The molecule has 0 aliphatic heterocycles. The van der Waals surface area contributed by atoms with Crippen molar-refractivity contribution in [3.63, 3.8) is 0 Å². The molecule has 41 heavy (non-hydrogen) atoms. The second-order valence-corrected chi connectivity index (χ2v) is 18.7. The Hall–Kier alpha value is -0.960. The van der Waals surface area contributed by atoms with Gasteiger partial charge in [-0.15, -0.1) is 0 Å². The van der Waals surface area contributed by atoms with E-state index in [1.54, 1.807) is 0 Å². The number of nitrogens with one attached hydrogen (secondary N) is 1. The summed E-state index contributed by atoms with van der Waals surface area (Å²) < 4.78 is 6.97. The SMILES string of the molecule is CCCCCCCCCCCCCCP(CCCCCC)(CCCCCC)(CCCCCC)OC(=O)c1ncn[nH]1. The quantitative estimate of drug-likeness (QED) is 0.0709. The molecule has 1 N–H and O–H groups in total. The van der Waals surface area contributed by atoms with Gasteiger partial charge in [-0.05, 0) is 0 Å². The van der Waals surface area contributed by atoms with E-state index in [9.17, 15) is 4.79 Å². The summed E-state index contributed by atoms with van der Waals surface area (Å²) >= 11 is 0. The molecule has 0 aliphatic carbocycles. The zero-order chi connectivity index (χ0) is 29.9. The van der Waals surface area contributed by atoms with Crippen LogP contribution in [0.15, 0.2) is 6.33 Å². The predicted octanol–water partition coefficient (Wildman–Crippen LogP) is 11.9. The number of H-pyrrole nitrogens is 1. The fraction of sp³-hybridized carbons (Fsp3) is 0.914. The Morgan fingerprint density at radius 1 is 0.561 bits per heavy atom. The molecule has 0 amide bonds. The molecule has 1 aromatic heterocycles. The van der Waals surface area contributed by atoms with Gasteiger partial charge in [-0.1, -0.05) is 13.3 Å². The molecule has 0 atom stereocenters. The van der Waals surface area contributed by atoms with Crippen LogP contribution in [0.25, 0.3) is 0 Å². The molecule has 1 rings (SSSR count). The predicted molar refractivity (Wildman–Crippen MR) is 182 cm³/mol. The number of nitrogens with zero attached hydrogens (tertiary/aromatic N) is 2. The van der Waals surface area contributed by atoms with Gasteiger partial charge >= 0.3 is 243 Å². The minimum atomic E-state index is -2.76. The Morgan fingerprint density at radius 3 is 1.20 bits per heavy atom.